The summed E-state index contributed by atoms with van der Waals surface area (Å²) in [4.78, 5) is 16.7. The number of nitrogens with one attached hydrogen (secondary N) is 2. The summed E-state index contributed by atoms with van der Waals surface area (Å²) in [6.45, 7) is 2.30. The molecule has 0 spiro atoms. The maximum Gasteiger partial charge on any atom is 0.253 e. The molecule has 138 valence electrons. The van der Waals surface area contributed by atoms with Gasteiger partial charge in [0, 0.05) is 29.0 Å². The van der Waals surface area contributed by atoms with E-state index in [0.29, 0.717) is 22.8 Å². The number of benzene rings is 2. The lowest BCUT2D eigenvalue weighted by atomic mass is 10.1. The summed E-state index contributed by atoms with van der Waals surface area (Å²) in [5, 5.41) is 6.83. The zero-order valence-corrected chi connectivity index (χ0v) is 15.9. The fraction of sp³-hybridized carbons (Fsp3) is 0.143. The first-order chi connectivity index (χ1) is 13.1. The molecule has 0 bridgehead atoms. The van der Waals surface area contributed by atoms with Crippen molar-refractivity contribution in [1.82, 2.24) is 10.3 Å². The molecule has 0 radical (unpaired) electrons. The van der Waals surface area contributed by atoms with Gasteiger partial charge < -0.3 is 15.4 Å². The molecule has 0 aliphatic rings. The van der Waals surface area contributed by atoms with Gasteiger partial charge in [0.05, 0.1) is 24.6 Å². The Labute approximate surface area is 163 Å². The van der Waals surface area contributed by atoms with Crippen LogP contribution in [0.2, 0.25) is 5.02 Å². The minimum atomic E-state index is -0.208. The summed E-state index contributed by atoms with van der Waals surface area (Å²) in [5.74, 6) is 0.530. The van der Waals surface area contributed by atoms with Gasteiger partial charge >= 0.3 is 0 Å². The Morgan fingerprint density at radius 3 is 2.78 bits per heavy atom. The summed E-state index contributed by atoms with van der Waals surface area (Å²) >= 11 is 6.16. The molecule has 27 heavy (non-hydrogen) atoms. The van der Waals surface area contributed by atoms with E-state index in [1.165, 1.54) is 6.20 Å². The van der Waals surface area contributed by atoms with Crippen molar-refractivity contribution in [2.75, 3.05) is 12.4 Å². The average Bonchev–Trinajstić information content (AvgIpc) is 2.70. The molecule has 1 heterocycles. The number of hydrogen-bond donors (Lipinski definition) is 2. The third kappa shape index (κ3) is 4.57. The van der Waals surface area contributed by atoms with Gasteiger partial charge in [-0.15, -0.1) is 0 Å². The van der Waals surface area contributed by atoms with Crippen LogP contribution in [0.3, 0.4) is 0 Å². The predicted molar refractivity (Wildman–Crippen MR) is 108 cm³/mol. The van der Waals surface area contributed by atoms with Gasteiger partial charge in [0.15, 0.2) is 0 Å². The molecule has 0 atom stereocenters. The number of halogens is 1. The molecule has 0 saturated heterocycles. The molecule has 0 unspecified atom stereocenters. The second-order valence-corrected chi connectivity index (χ2v) is 6.40. The van der Waals surface area contributed by atoms with Gasteiger partial charge in [-0.25, -0.2) is 0 Å². The van der Waals surface area contributed by atoms with Crippen molar-refractivity contribution >= 4 is 28.9 Å². The molecule has 0 fully saturated rings. The number of para-hydroxylation sites is 1. The molecule has 6 heteroatoms. The van der Waals surface area contributed by atoms with E-state index in [1.807, 2.05) is 49.4 Å². The molecule has 3 aromatic rings. The Morgan fingerprint density at radius 1 is 1.15 bits per heavy atom. The molecule has 0 saturated carbocycles. The highest BCUT2D eigenvalue weighted by Crippen LogP contribution is 2.26. The molecular weight excluding hydrogens is 362 g/mol. The van der Waals surface area contributed by atoms with E-state index in [1.54, 1.807) is 19.4 Å². The number of carbonyl (C=O) groups excluding carboxylic acids is 1. The molecule has 3 rings (SSSR count). The van der Waals surface area contributed by atoms with Crippen LogP contribution >= 0.6 is 11.6 Å². The summed E-state index contributed by atoms with van der Waals surface area (Å²) < 4.78 is 5.31. The Kier molecular flexibility index (Phi) is 5.94. The lowest BCUT2D eigenvalue weighted by molar-refractivity contribution is 0.0950. The Balaban J connectivity index is 1.71. The number of aromatic nitrogens is 1. The SMILES string of the molecule is COc1ccccc1CNC(=O)c1cncc(Nc2cccc(Cl)c2C)c1. The summed E-state index contributed by atoms with van der Waals surface area (Å²) in [6, 6.07) is 15.0. The first-order valence-electron chi connectivity index (χ1n) is 8.46. The topological polar surface area (TPSA) is 63.2 Å². The fourth-order valence-corrected chi connectivity index (χ4v) is 2.83. The molecule has 0 aliphatic heterocycles. The number of pyridine rings is 1. The van der Waals surface area contributed by atoms with E-state index in [4.69, 9.17) is 16.3 Å². The zero-order chi connectivity index (χ0) is 19.2. The van der Waals surface area contributed by atoms with Crippen molar-refractivity contribution in [2.24, 2.45) is 0 Å². The number of nitrogens with zero attached hydrogens (tertiary/aromatic N) is 1. The van der Waals surface area contributed by atoms with E-state index >= 15 is 0 Å². The van der Waals surface area contributed by atoms with Gasteiger partial charge in [0.1, 0.15) is 5.75 Å². The lowest BCUT2D eigenvalue weighted by Gasteiger charge is -2.12. The van der Waals surface area contributed by atoms with Crippen molar-refractivity contribution in [3.05, 3.63) is 82.6 Å². The summed E-state index contributed by atoms with van der Waals surface area (Å²) in [6.07, 6.45) is 3.20. The van der Waals surface area contributed by atoms with Crippen molar-refractivity contribution in [3.8, 4) is 5.75 Å². The summed E-state index contributed by atoms with van der Waals surface area (Å²) in [5.41, 5.74) is 3.89. The molecule has 2 aromatic carbocycles. The standard InChI is InChI=1S/C21H20ClN3O2/c1-14-18(22)7-5-8-19(14)25-17-10-16(11-23-13-17)21(26)24-12-15-6-3-4-9-20(15)27-2/h3-11,13,25H,12H2,1-2H3,(H,24,26). The number of anilines is 2. The third-order valence-corrected chi connectivity index (χ3v) is 4.59. The van der Waals surface area contributed by atoms with Gasteiger partial charge in [-0.05, 0) is 36.8 Å². The zero-order valence-electron chi connectivity index (χ0n) is 15.1. The van der Waals surface area contributed by atoms with Gasteiger partial charge in [-0.1, -0.05) is 35.9 Å². The first kappa shape index (κ1) is 18.7. The Bertz CT molecular complexity index is 960. The van der Waals surface area contributed by atoms with Gasteiger partial charge in [-0.3, -0.25) is 9.78 Å². The lowest BCUT2D eigenvalue weighted by Crippen LogP contribution is -2.23. The average molecular weight is 382 g/mol. The maximum absolute atomic E-state index is 12.5. The van der Waals surface area contributed by atoms with Crippen LogP contribution in [0.25, 0.3) is 0 Å². The van der Waals surface area contributed by atoms with Crippen molar-refractivity contribution in [3.63, 3.8) is 0 Å². The van der Waals surface area contributed by atoms with Crippen LogP contribution in [-0.2, 0) is 6.54 Å². The first-order valence-corrected chi connectivity index (χ1v) is 8.83. The number of amides is 1. The highest BCUT2D eigenvalue weighted by Gasteiger charge is 2.10. The molecule has 5 nitrogen and oxygen atoms in total. The van der Waals surface area contributed by atoms with E-state index in [2.05, 4.69) is 15.6 Å². The second kappa shape index (κ2) is 8.56. The minimum absolute atomic E-state index is 0.208. The summed E-state index contributed by atoms with van der Waals surface area (Å²) in [7, 11) is 1.61. The van der Waals surface area contributed by atoms with Crippen LogP contribution < -0.4 is 15.4 Å². The van der Waals surface area contributed by atoms with Crippen molar-refractivity contribution in [1.29, 1.82) is 0 Å². The molecule has 2 N–H and O–H groups in total. The quantitative estimate of drug-likeness (QED) is 0.648. The highest BCUT2D eigenvalue weighted by atomic mass is 35.5. The number of rotatable bonds is 6. The predicted octanol–water partition coefficient (Wildman–Crippen LogP) is 4.73. The van der Waals surface area contributed by atoms with Crippen LogP contribution in [0.1, 0.15) is 21.5 Å². The largest absolute Gasteiger partial charge is 0.496 e. The van der Waals surface area contributed by atoms with Crippen molar-refractivity contribution in [2.45, 2.75) is 13.5 Å². The highest BCUT2D eigenvalue weighted by molar-refractivity contribution is 6.31. The van der Waals surface area contributed by atoms with Crippen LogP contribution in [0.4, 0.5) is 11.4 Å². The maximum atomic E-state index is 12.5. The van der Waals surface area contributed by atoms with E-state index in [-0.39, 0.29) is 5.91 Å². The van der Waals surface area contributed by atoms with Crippen LogP contribution in [0.15, 0.2) is 60.9 Å². The number of hydrogen-bond acceptors (Lipinski definition) is 4. The van der Waals surface area contributed by atoms with Gasteiger partial charge in [0.25, 0.3) is 5.91 Å². The smallest absolute Gasteiger partial charge is 0.253 e. The normalized spacial score (nSPS) is 10.3. The fourth-order valence-electron chi connectivity index (χ4n) is 2.66. The number of methoxy groups -OCH3 is 1. The molecule has 0 aliphatic carbocycles. The Hall–Kier alpha value is -3.05. The third-order valence-electron chi connectivity index (χ3n) is 4.18. The van der Waals surface area contributed by atoms with Crippen LogP contribution in [0, 0.1) is 6.92 Å². The monoisotopic (exact) mass is 381 g/mol. The van der Waals surface area contributed by atoms with Gasteiger partial charge in [-0.2, -0.15) is 0 Å². The molecular formula is C21H20ClN3O2. The molecule has 1 amide bonds. The van der Waals surface area contributed by atoms with Crippen LogP contribution in [0.5, 0.6) is 5.75 Å². The van der Waals surface area contributed by atoms with Crippen molar-refractivity contribution < 1.29 is 9.53 Å². The van der Waals surface area contributed by atoms with Gasteiger partial charge in [0.2, 0.25) is 0 Å². The molecule has 1 aromatic heterocycles. The van der Waals surface area contributed by atoms with E-state index in [9.17, 15) is 4.79 Å². The minimum Gasteiger partial charge on any atom is -0.496 e. The van der Waals surface area contributed by atoms with Crippen LogP contribution in [-0.4, -0.2) is 18.0 Å². The second-order valence-electron chi connectivity index (χ2n) is 5.99. The van der Waals surface area contributed by atoms with E-state index in [0.717, 1.165) is 22.6 Å². The van der Waals surface area contributed by atoms with E-state index < -0.39 is 0 Å². The number of carbonyl (C=O) groups is 1. The Morgan fingerprint density at radius 2 is 1.96 bits per heavy atom. The number of ether oxygens (including phenoxy) is 1.